The molecule has 4 rings (SSSR count). The van der Waals surface area contributed by atoms with Gasteiger partial charge in [-0.05, 0) is 47.4 Å². The van der Waals surface area contributed by atoms with E-state index >= 15 is 0 Å². The molecule has 1 aromatic heterocycles. The van der Waals surface area contributed by atoms with Crippen molar-refractivity contribution in [1.29, 1.82) is 0 Å². The van der Waals surface area contributed by atoms with E-state index in [1.807, 2.05) is 31.3 Å². The summed E-state index contributed by atoms with van der Waals surface area (Å²) in [5.41, 5.74) is 1.10. The summed E-state index contributed by atoms with van der Waals surface area (Å²) in [6.07, 6.45) is 4.18. The molecule has 1 amide bonds. The highest BCUT2D eigenvalue weighted by molar-refractivity contribution is 7.99. The third kappa shape index (κ3) is 4.51. The predicted octanol–water partition coefficient (Wildman–Crippen LogP) is 4.25. The lowest BCUT2D eigenvalue weighted by Crippen LogP contribution is -2.27. The summed E-state index contributed by atoms with van der Waals surface area (Å²) in [6.45, 7) is 5.07. The maximum atomic E-state index is 12.7. The van der Waals surface area contributed by atoms with Gasteiger partial charge < -0.3 is 14.2 Å². The van der Waals surface area contributed by atoms with E-state index < -0.39 is 0 Å². The van der Waals surface area contributed by atoms with Gasteiger partial charge in [-0.2, -0.15) is 0 Å². The van der Waals surface area contributed by atoms with Gasteiger partial charge in [-0.15, -0.1) is 16.8 Å². The monoisotopic (exact) mass is 422 g/mol. The molecule has 0 aliphatic heterocycles. The van der Waals surface area contributed by atoms with E-state index in [1.54, 1.807) is 12.0 Å². The van der Waals surface area contributed by atoms with Gasteiger partial charge in [0.2, 0.25) is 5.91 Å². The number of thioether (sulfide) groups is 1. The first-order valence-corrected chi connectivity index (χ1v) is 11.0. The number of carbonyl (C=O) groups excluding carboxylic acids is 1. The molecule has 0 atom stereocenters. The van der Waals surface area contributed by atoms with Gasteiger partial charge in [-0.3, -0.25) is 4.79 Å². The molecule has 3 aromatic rings. The average Bonchev–Trinajstić information content (AvgIpc) is 3.53. The zero-order valence-corrected chi connectivity index (χ0v) is 18.2. The summed E-state index contributed by atoms with van der Waals surface area (Å²) in [5, 5.41) is 11.7. The van der Waals surface area contributed by atoms with Gasteiger partial charge in [-0.1, -0.05) is 36.0 Å². The van der Waals surface area contributed by atoms with E-state index in [0.717, 1.165) is 33.1 Å². The van der Waals surface area contributed by atoms with E-state index in [0.29, 0.717) is 24.8 Å². The lowest BCUT2D eigenvalue weighted by atomic mass is 10.1. The van der Waals surface area contributed by atoms with E-state index in [-0.39, 0.29) is 5.91 Å². The van der Waals surface area contributed by atoms with E-state index in [1.165, 1.54) is 24.6 Å². The molecule has 1 aliphatic rings. The molecule has 0 N–H and O–H groups in total. The highest BCUT2D eigenvalue weighted by Gasteiger charge is 2.30. The van der Waals surface area contributed by atoms with Crippen molar-refractivity contribution < 1.29 is 9.53 Å². The normalized spacial score (nSPS) is 13.4. The van der Waals surface area contributed by atoms with Crippen LogP contribution in [0.1, 0.15) is 30.1 Å². The van der Waals surface area contributed by atoms with Crippen molar-refractivity contribution in [2.75, 3.05) is 19.9 Å². The van der Waals surface area contributed by atoms with Gasteiger partial charge in [0.1, 0.15) is 11.6 Å². The number of rotatable bonds is 9. The molecule has 1 fully saturated rings. The molecule has 1 saturated carbocycles. The van der Waals surface area contributed by atoms with Crippen LogP contribution in [0.5, 0.6) is 5.75 Å². The second-order valence-electron chi connectivity index (χ2n) is 7.60. The van der Waals surface area contributed by atoms with Crippen LogP contribution in [0.15, 0.2) is 54.2 Å². The first kappa shape index (κ1) is 20.5. The number of allylic oxidation sites excluding steroid dienone is 1. The number of hydrogen-bond acceptors (Lipinski definition) is 5. The molecule has 0 radical (unpaired) electrons. The minimum Gasteiger partial charge on any atom is -0.497 e. The van der Waals surface area contributed by atoms with E-state index in [2.05, 4.69) is 39.5 Å². The van der Waals surface area contributed by atoms with Crippen LogP contribution in [0.2, 0.25) is 0 Å². The Morgan fingerprint density at radius 1 is 1.27 bits per heavy atom. The molecule has 1 heterocycles. The quantitative estimate of drug-likeness (QED) is 0.381. The Morgan fingerprint density at radius 3 is 2.77 bits per heavy atom. The van der Waals surface area contributed by atoms with Gasteiger partial charge in [0.05, 0.1) is 12.9 Å². The number of fused-ring (bicyclic) bond motifs is 1. The minimum atomic E-state index is 0.0657. The van der Waals surface area contributed by atoms with Crippen molar-refractivity contribution in [3.05, 3.63) is 60.4 Å². The maximum Gasteiger partial charge on any atom is 0.233 e. The Bertz CT molecular complexity index is 1070. The summed E-state index contributed by atoms with van der Waals surface area (Å²) in [5.74, 6) is 2.77. The van der Waals surface area contributed by atoms with Crippen LogP contribution in [0.3, 0.4) is 0 Å². The maximum absolute atomic E-state index is 12.7. The van der Waals surface area contributed by atoms with Crippen LogP contribution in [0.4, 0.5) is 0 Å². The third-order valence-electron chi connectivity index (χ3n) is 5.28. The molecule has 0 bridgehead atoms. The van der Waals surface area contributed by atoms with Gasteiger partial charge in [0.25, 0.3) is 0 Å². The molecular weight excluding hydrogens is 396 g/mol. The minimum absolute atomic E-state index is 0.0657. The SMILES string of the molecule is C=CCn1c(SCC(=O)N(C)Cc2ccc3cc(OC)ccc3c2)nnc1C1CC1. The smallest absolute Gasteiger partial charge is 0.233 e. The number of amides is 1. The highest BCUT2D eigenvalue weighted by Crippen LogP contribution is 2.40. The number of methoxy groups -OCH3 is 1. The standard InChI is InChI=1S/C23H26N4O2S/c1-4-11-27-22(17-7-8-17)24-25-23(27)30-15-21(28)26(2)14-16-5-6-19-13-20(29-3)10-9-18(19)12-16/h4-6,9-10,12-13,17H,1,7-8,11,14-15H2,2-3H3. The Labute approximate surface area is 180 Å². The molecule has 2 aromatic carbocycles. The van der Waals surface area contributed by atoms with E-state index in [4.69, 9.17) is 4.74 Å². The van der Waals surface area contributed by atoms with Crippen molar-refractivity contribution in [3.8, 4) is 5.75 Å². The molecule has 0 saturated heterocycles. The second-order valence-corrected chi connectivity index (χ2v) is 8.54. The fraction of sp³-hybridized carbons (Fsp3) is 0.348. The molecule has 6 nitrogen and oxygen atoms in total. The fourth-order valence-electron chi connectivity index (χ4n) is 3.45. The first-order chi connectivity index (χ1) is 14.6. The average molecular weight is 423 g/mol. The number of carbonyl (C=O) groups is 1. The van der Waals surface area contributed by atoms with Crippen LogP contribution >= 0.6 is 11.8 Å². The lowest BCUT2D eigenvalue weighted by molar-refractivity contribution is -0.127. The summed E-state index contributed by atoms with van der Waals surface area (Å²) in [6, 6.07) is 12.2. The number of aromatic nitrogens is 3. The fourth-order valence-corrected chi connectivity index (χ4v) is 4.34. The van der Waals surface area contributed by atoms with E-state index in [9.17, 15) is 4.79 Å². The summed E-state index contributed by atoms with van der Waals surface area (Å²) in [7, 11) is 3.51. The zero-order valence-electron chi connectivity index (χ0n) is 17.4. The van der Waals surface area contributed by atoms with Crippen molar-refractivity contribution >= 4 is 28.4 Å². The summed E-state index contributed by atoms with van der Waals surface area (Å²) >= 11 is 1.44. The van der Waals surface area contributed by atoms with Crippen LogP contribution in [0.25, 0.3) is 10.8 Å². The Hall–Kier alpha value is -2.80. The van der Waals surface area contributed by atoms with Gasteiger partial charge in [-0.25, -0.2) is 0 Å². The number of benzene rings is 2. The topological polar surface area (TPSA) is 60.2 Å². The third-order valence-corrected chi connectivity index (χ3v) is 6.23. The predicted molar refractivity (Wildman–Crippen MR) is 120 cm³/mol. The first-order valence-electron chi connectivity index (χ1n) is 10.1. The van der Waals surface area contributed by atoms with Crippen LogP contribution in [-0.4, -0.2) is 45.5 Å². The molecule has 30 heavy (non-hydrogen) atoms. The number of nitrogens with zero attached hydrogens (tertiary/aromatic N) is 4. The molecule has 0 unspecified atom stereocenters. The van der Waals surface area contributed by atoms with Crippen LogP contribution in [-0.2, 0) is 17.9 Å². The lowest BCUT2D eigenvalue weighted by Gasteiger charge is -2.17. The second kappa shape index (κ2) is 8.92. The van der Waals surface area contributed by atoms with Crippen molar-refractivity contribution in [2.24, 2.45) is 0 Å². The molecule has 7 heteroatoms. The van der Waals surface area contributed by atoms with Gasteiger partial charge in [0, 0.05) is 26.1 Å². The Kier molecular flexibility index (Phi) is 6.08. The van der Waals surface area contributed by atoms with Crippen LogP contribution in [0, 0.1) is 0 Å². The zero-order chi connectivity index (χ0) is 21.1. The van der Waals surface area contributed by atoms with Gasteiger partial charge in [0.15, 0.2) is 5.16 Å². The molecular formula is C23H26N4O2S. The molecule has 156 valence electrons. The Balaban J connectivity index is 1.38. The van der Waals surface area contributed by atoms with Gasteiger partial charge >= 0.3 is 0 Å². The molecule has 1 aliphatic carbocycles. The van der Waals surface area contributed by atoms with Crippen molar-refractivity contribution in [3.63, 3.8) is 0 Å². The number of ether oxygens (including phenoxy) is 1. The summed E-state index contributed by atoms with van der Waals surface area (Å²) in [4.78, 5) is 14.5. The van der Waals surface area contributed by atoms with Crippen molar-refractivity contribution in [1.82, 2.24) is 19.7 Å². The number of hydrogen-bond donors (Lipinski definition) is 0. The Morgan fingerprint density at radius 2 is 2.03 bits per heavy atom. The largest absolute Gasteiger partial charge is 0.497 e. The van der Waals surface area contributed by atoms with Crippen LogP contribution < -0.4 is 4.74 Å². The highest BCUT2D eigenvalue weighted by atomic mass is 32.2. The van der Waals surface area contributed by atoms with Crippen molar-refractivity contribution in [2.45, 2.75) is 37.0 Å². The molecule has 0 spiro atoms. The summed E-state index contributed by atoms with van der Waals surface area (Å²) < 4.78 is 7.37.